The molecular formula is C24H38O9. The van der Waals surface area contributed by atoms with Crippen LogP contribution in [0.15, 0.2) is 38.0 Å². The molecule has 0 radical (unpaired) electrons. The Morgan fingerprint density at radius 3 is 1.70 bits per heavy atom. The van der Waals surface area contributed by atoms with Crippen LogP contribution in [0.5, 0.6) is 0 Å². The van der Waals surface area contributed by atoms with Crippen LogP contribution in [0, 0.1) is 5.41 Å². The van der Waals surface area contributed by atoms with E-state index in [0.717, 1.165) is 12.2 Å². The third-order valence-corrected chi connectivity index (χ3v) is 4.58. The molecule has 0 aliphatic carbocycles. The topological polar surface area (TPSA) is 107 Å². The van der Waals surface area contributed by atoms with Crippen LogP contribution < -0.4 is 0 Å². The van der Waals surface area contributed by atoms with Gasteiger partial charge in [-0.05, 0) is 18.9 Å². The summed E-state index contributed by atoms with van der Waals surface area (Å²) in [5, 5.41) is 0. The maximum absolute atomic E-state index is 11.2. The van der Waals surface area contributed by atoms with E-state index < -0.39 is 17.4 Å². The molecule has 0 unspecified atom stereocenters. The molecule has 0 heterocycles. The standard InChI is InChI=1S/C24H38O9/c1-5-21(25)12-9-17-32-33-20-24(8-4,18-28-13-10-15-30-22(26)6-2)19-29-14-11-16-31-23(27)7-3/h5-7H,1-3,8-20H2,4H3. The molecule has 0 aromatic heterocycles. The van der Waals surface area contributed by atoms with Crippen LogP contribution >= 0.6 is 0 Å². The molecule has 0 aliphatic heterocycles. The van der Waals surface area contributed by atoms with E-state index >= 15 is 0 Å². The number of carbonyl (C=O) groups is 3. The van der Waals surface area contributed by atoms with Gasteiger partial charge < -0.3 is 18.9 Å². The first-order valence-corrected chi connectivity index (χ1v) is 11.1. The predicted molar refractivity (Wildman–Crippen MR) is 122 cm³/mol. The van der Waals surface area contributed by atoms with Crippen LogP contribution in [0.3, 0.4) is 0 Å². The number of hydrogen-bond donors (Lipinski definition) is 0. The lowest BCUT2D eigenvalue weighted by atomic mass is 9.88. The fraction of sp³-hybridized carbons (Fsp3) is 0.625. The second-order valence-corrected chi connectivity index (χ2v) is 7.27. The van der Waals surface area contributed by atoms with Gasteiger partial charge in [-0.25, -0.2) is 19.4 Å². The predicted octanol–water partition coefficient (Wildman–Crippen LogP) is 3.14. The summed E-state index contributed by atoms with van der Waals surface area (Å²) in [5.41, 5.74) is -0.466. The molecule has 0 amide bonds. The second-order valence-electron chi connectivity index (χ2n) is 7.27. The lowest BCUT2D eigenvalue weighted by molar-refractivity contribution is -0.316. The van der Waals surface area contributed by atoms with Crippen molar-refractivity contribution in [1.29, 1.82) is 0 Å². The molecule has 0 rings (SSSR count). The van der Waals surface area contributed by atoms with Crippen LogP contribution in [0.1, 0.15) is 39.0 Å². The average molecular weight is 471 g/mol. The number of carbonyl (C=O) groups excluding carboxylic acids is 3. The number of rotatable bonds is 23. The Morgan fingerprint density at radius 2 is 1.24 bits per heavy atom. The number of ether oxygens (including phenoxy) is 4. The van der Waals surface area contributed by atoms with Crippen LogP contribution in [0.25, 0.3) is 0 Å². The molecule has 0 saturated carbocycles. The molecule has 0 fully saturated rings. The first-order chi connectivity index (χ1) is 15.9. The van der Waals surface area contributed by atoms with E-state index in [4.69, 9.17) is 28.7 Å². The Morgan fingerprint density at radius 1 is 0.697 bits per heavy atom. The molecule has 0 atom stereocenters. The zero-order chi connectivity index (χ0) is 24.8. The van der Waals surface area contributed by atoms with Gasteiger partial charge in [-0.3, -0.25) is 4.79 Å². The van der Waals surface area contributed by atoms with Crippen molar-refractivity contribution in [3.05, 3.63) is 38.0 Å². The zero-order valence-electron chi connectivity index (χ0n) is 19.7. The highest BCUT2D eigenvalue weighted by Crippen LogP contribution is 2.24. The number of allylic oxidation sites excluding steroid dienone is 1. The Balaban J connectivity index is 4.46. The number of hydrogen-bond acceptors (Lipinski definition) is 9. The Labute approximate surface area is 196 Å². The molecule has 9 nitrogen and oxygen atoms in total. The summed E-state index contributed by atoms with van der Waals surface area (Å²) < 4.78 is 21.4. The molecule has 0 bridgehead atoms. The van der Waals surface area contributed by atoms with E-state index in [9.17, 15) is 14.4 Å². The van der Waals surface area contributed by atoms with Gasteiger partial charge in [0.05, 0.1) is 39.6 Å². The average Bonchev–Trinajstić information content (AvgIpc) is 2.84. The van der Waals surface area contributed by atoms with Gasteiger partial charge in [0, 0.05) is 50.0 Å². The summed E-state index contributed by atoms with van der Waals surface area (Å²) in [6.45, 7) is 14.6. The molecule has 188 valence electrons. The van der Waals surface area contributed by atoms with E-state index in [1.54, 1.807) is 0 Å². The molecule has 0 aromatic carbocycles. The van der Waals surface area contributed by atoms with Gasteiger partial charge in [-0.2, -0.15) is 0 Å². The summed E-state index contributed by atoms with van der Waals surface area (Å²) in [5.74, 6) is -0.975. The minimum absolute atomic E-state index is 0.0409. The van der Waals surface area contributed by atoms with Gasteiger partial charge in [0.2, 0.25) is 0 Å². The van der Waals surface area contributed by atoms with Crippen molar-refractivity contribution in [2.45, 2.75) is 39.0 Å². The number of ketones is 1. The number of esters is 2. The normalized spacial score (nSPS) is 10.9. The molecule has 0 aromatic rings. The molecular weight excluding hydrogens is 432 g/mol. The van der Waals surface area contributed by atoms with Crippen molar-refractivity contribution in [2.75, 3.05) is 52.9 Å². The monoisotopic (exact) mass is 470 g/mol. The van der Waals surface area contributed by atoms with Gasteiger partial charge in [0.25, 0.3) is 0 Å². The van der Waals surface area contributed by atoms with Crippen LogP contribution in [-0.2, 0) is 43.1 Å². The van der Waals surface area contributed by atoms with Crippen LogP contribution in [-0.4, -0.2) is 70.6 Å². The van der Waals surface area contributed by atoms with Gasteiger partial charge in [-0.1, -0.05) is 26.7 Å². The quantitative estimate of drug-likeness (QED) is 0.0732. The van der Waals surface area contributed by atoms with Crippen molar-refractivity contribution in [3.8, 4) is 0 Å². The van der Waals surface area contributed by atoms with Gasteiger partial charge >= 0.3 is 11.9 Å². The summed E-state index contributed by atoms with van der Waals surface area (Å²) in [6.07, 6.45) is 6.19. The fourth-order valence-electron chi connectivity index (χ4n) is 2.43. The molecule has 9 heteroatoms. The summed E-state index contributed by atoms with van der Waals surface area (Å²) in [7, 11) is 0. The van der Waals surface area contributed by atoms with Gasteiger partial charge in [-0.15, -0.1) is 0 Å². The summed E-state index contributed by atoms with van der Waals surface area (Å²) >= 11 is 0. The van der Waals surface area contributed by atoms with E-state index in [0.29, 0.717) is 58.5 Å². The van der Waals surface area contributed by atoms with Crippen molar-refractivity contribution < 1.29 is 43.1 Å². The maximum atomic E-state index is 11.2. The molecule has 0 saturated heterocycles. The fourth-order valence-corrected chi connectivity index (χ4v) is 2.43. The second kappa shape index (κ2) is 20.3. The van der Waals surface area contributed by atoms with Crippen molar-refractivity contribution >= 4 is 17.7 Å². The van der Waals surface area contributed by atoms with E-state index in [-0.39, 0.29) is 32.2 Å². The molecule has 0 N–H and O–H groups in total. The highest BCUT2D eigenvalue weighted by molar-refractivity contribution is 5.88. The lowest BCUT2D eigenvalue weighted by Crippen LogP contribution is -2.37. The zero-order valence-corrected chi connectivity index (χ0v) is 19.7. The van der Waals surface area contributed by atoms with E-state index in [1.807, 2.05) is 6.92 Å². The first kappa shape index (κ1) is 30.7. The largest absolute Gasteiger partial charge is 0.462 e. The molecule has 33 heavy (non-hydrogen) atoms. The van der Waals surface area contributed by atoms with E-state index in [2.05, 4.69) is 19.7 Å². The third-order valence-electron chi connectivity index (χ3n) is 4.58. The van der Waals surface area contributed by atoms with Crippen LogP contribution in [0.4, 0.5) is 0 Å². The van der Waals surface area contributed by atoms with Crippen LogP contribution in [0.2, 0.25) is 0 Å². The van der Waals surface area contributed by atoms with Crippen molar-refractivity contribution in [2.24, 2.45) is 5.41 Å². The molecule has 0 spiro atoms. The van der Waals surface area contributed by atoms with Crippen molar-refractivity contribution in [3.63, 3.8) is 0 Å². The minimum Gasteiger partial charge on any atom is -0.462 e. The Kier molecular flexibility index (Phi) is 18.9. The van der Waals surface area contributed by atoms with Gasteiger partial charge in [0.1, 0.15) is 0 Å². The van der Waals surface area contributed by atoms with Gasteiger partial charge in [0.15, 0.2) is 5.78 Å². The summed E-state index contributed by atoms with van der Waals surface area (Å²) in [6, 6.07) is 0. The van der Waals surface area contributed by atoms with E-state index in [1.165, 1.54) is 6.08 Å². The SMILES string of the molecule is C=CC(=O)CCCOOCC(CC)(COCCCOC(=O)C=C)COCCCOC(=O)C=C. The third kappa shape index (κ3) is 16.9. The Hall–Kier alpha value is -2.33. The highest BCUT2D eigenvalue weighted by atomic mass is 17.2. The minimum atomic E-state index is -0.467. The lowest BCUT2D eigenvalue weighted by Gasteiger charge is -2.31. The first-order valence-electron chi connectivity index (χ1n) is 11.1. The smallest absolute Gasteiger partial charge is 0.330 e. The van der Waals surface area contributed by atoms with Crippen molar-refractivity contribution in [1.82, 2.24) is 0 Å². The molecule has 0 aliphatic rings. The summed E-state index contributed by atoms with van der Waals surface area (Å²) in [4.78, 5) is 44.0. The highest BCUT2D eigenvalue weighted by Gasteiger charge is 2.30. The maximum Gasteiger partial charge on any atom is 0.330 e. The Bertz CT molecular complexity index is 522.